The van der Waals surface area contributed by atoms with Gasteiger partial charge in [-0.25, -0.2) is 8.42 Å². The molecule has 1 aliphatic heterocycles. The number of hydrogen-bond donors (Lipinski definition) is 0. The molecule has 3 heterocycles. The maximum Gasteiger partial charge on any atom is 0.254 e. The fourth-order valence-electron chi connectivity index (χ4n) is 2.78. The summed E-state index contributed by atoms with van der Waals surface area (Å²) in [5.41, 5.74) is 0.636. The van der Waals surface area contributed by atoms with Crippen molar-refractivity contribution in [3.63, 3.8) is 0 Å². The molecule has 142 valence electrons. The highest BCUT2D eigenvalue weighted by atomic mass is 32.2. The first-order valence-electron chi connectivity index (χ1n) is 7.97. The number of carbonyl (C=O) groups is 1. The second-order valence-corrected chi connectivity index (χ2v) is 8.75. The predicted molar refractivity (Wildman–Crippen MR) is 94.3 cm³/mol. The summed E-state index contributed by atoms with van der Waals surface area (Å²) >= 11 is 1.46. The zero-order chi connectivity index (χ0) is 18.7. The Morgan fingerprint density at radius 1 is 1.50 bits per heavy atom. The van der Waals surface area contributed by atoms with Crippen molar-refractivity contribution in [2.45, 2.75) is 19.1 Å². The van der Waals surface area contributed by atoms with Gasteiger partial charge in [0.15, 0.2) is 5.82 Å². The van der Waals surface area contributed by atoms with E-state index in [1.165, 1.54) is 29.0 Å². The minimum atomic E-state index is -3.41. The molecule has 1 saturated heterocycles. The second kappa shape index (κ2) is 7.82. The molecule has 1 aliphatic rings. The summed E-state index contributed by atoms with van der Waals surface area (Å²) in [5.74, 6) is 0.708. The molecular weight excluding hydrogens is 380 g/mol. The molecule has 0 atom stereocenters. The smallest absolute Gasteiger partial charge is 0.254 e. The van der Waals surface area contributed by atoms with Crippen LogP contribution in [0.15, 0.2) is 21.3 Å². The van der Waals surface area contributed by atoms with Gasteiger partial charge < -0.3 is 14.2 Å². The Morgan fingerprint density at radius 2 is 2.27 bits per heavy atom. The SMILES string of the molecule is COCc1nc(CCN(C2CN(C(=O)c3ccsc3)C2)S(C)(=O)=O)no1. The average Bonchev–Trinajstić information content (AvgIpc) is 3.19. The van der Waals surface area contributed by atoms with E-state index in [9.17, 15) is 13.2 Å². The lowest BCUT2D eigenvalue weighted by molar-refractivity contribution is 0.0454. The number of aromatic nitrogens is 2. The monoisotopic (exact) mass is 400 g/mol. The highest BCUT2D eigenvalue weighted by molar-refractivity contribution is 7.88. The first-order valence-corrected chi connectivity index (χ1v) is 10.8. The maximum absolute atomic E-state index is 12.3. The van der Waals surface area contributed by atoms with Crippen molar-refractivity contribution >= 4 is 27.3 Å². The number of thiophene rings is 1. The lowest BCUT2D eigenvalue weighted by Crippen LogP contribution is -2.62. The molecule has 26 heavy (non-hydrogen) atoms. The molecule has 9 nitrogen and oxygen atoms in total. The van der Waals surface area contributed by atoms with E-state index in [1.807, 2.05) is 5.38 Å². The van der Waals surface area contributed by atoms with Crippen LogP contribution in [0, 0.1) is 0 Å². The topological polar surface area (TPSA) is 106 Å². The summed E-state index contributed by atoms with van der Waals surface area (Å²) in [6.07, 6.45) is 1.50. The number of methoxy groups -OCH3 is 1. The highest BCUT2D eigenvalue weighted by Gasteiger charge is 2.39. The Morgan fingerprint density at radius 3 is 2.88 bits per heavy atom. The zero-order valence-corrected chi connectivity index (χ0v) is 16.1. The minimum Gasteiger partial charge on any atom is -0.375 e. The third-order valence-corrected chi connectivity index (χ3v) is 6.10. The maximum atomic E-state index is 12.3. The predicted octanol–water partition coefficient (Wildman–Crippen LogP) is 0.606. The van der Waals surface area contributed by atoms with Crippen LogP contribution in [0.4, 0.5) is 0 Å². The molecule has 2 aromatic rings. The van der Waals surface area contributed by atoms with Gasteiger partial charge in [-0.1, -0.05) is 5.16 Å². The van der Waals surface area contributed by atoms with Gasteiger partial charge in [0.1, 0.15) is 6.61 Å². The van der Waals surface area contributed by atoms with Crippen molar-refractivity contribution in [1.82, 2.24) is 19.3 Å². The summed E-state index contributed by atoms with van der Waals surface area (Å²) in [6.45, 7) is 1.20. The van der Waals surface area contributed by atoms with Gasteiger partial charge in [-0.15, -0.1) is 0 Å². The zero-order valence-electron chi connectivity index (χ0n) is 14.5. The molecule has 0 radical (unpaired) electrons. The molecule has 0 N–H and O–H groups in total. The Kier molecular flexibility index (Phi) is 5.70. The van der Waals surface area contributed by atoms with Gasteiger partial charge in [-0.3, -0.25) is 4.79 Å². The number of nitrogens with zero attached hydrogens (tertiary/aromatic N) is 4. The van der Waals surface area contributed by atoms with Crippen LogP contribution >= 0.6 is 11.3 Å². The van der Waals surface area contributed by atoms with E-state index in [4.69, 9.17) is 9.26 Å². The third kappa shape index (κ3) is 4.29. The molecule has 0 saturated carbocycles. The van der Waals surface area contributed by atoms with Crippen molar-refractivity contribution in [3.05, 3.63) is 34.1 Å². The van der Waals surface area contributed by atoms with E-state index in [-0.39, 0.29) is 25.1 Å². The lowest BCUT2D eigenvalue weighted by atomic mass is 10.1. The normalized spacial score (nSPS) is 15.4. The Labute approximate surface area is 155 Å². The standard InChI is InChI=1S/C15H20N4O5S2/c1-23-9-14-16-13(17-24-14)3-5-19(26(2,21)22)12-7-18(8-12)15(20)11-4-6-25-10-11/h4,6,10,12H,3,5,7-9H2,1-2H3. The largest absolute Gasteiger partial charge is 0.375 e. The molecule has 3 rings (SSSR count). The number of rotatable bonds is 8. The van der Waals surface area contributed by atoms with Crippen molar-refractivity contribution in [2.75, 3.05) is 33.0 Å². The molecule has 0 bridgehead atoms. The van der Waals surface area contributed by atoms with Crippen LogP contribution < -0.4 is 0 Å². The molecule has 2 aromatic heterocycles. The third-order valence-electron chi connectivity index (χ3n) is 4.08. The summed E-state index contributed by atoms with van der Waals surface area (Å²) in [4.78, 5) is 18.1. The number of likely N-dealkylation sites (tertiary alicyclic amines) is 1. The molecule has 11 heteroatoms. The minimum absolute atomic E-state index is 0.0710. The van der Waals surface area contributed by atoms with E-state index in [1.54, 1.807) is 16.3 Å². The number of sulfonamides is 1. The van der Waals surface area contributed by atoms with E-state index in [2.05, 4.69) is 10.1 Å². The average molecular weight is 400 g/mol. The van der Waals surface area contributed by atoms with Gasteiger partial charge in [0.25, 0.3) is 11.8 Å². The molecule has 0 aromatic carbocycles. The summed E-state index contributed by atoms with van der Waals surface area (Å²) in [7, 11) is -1.89. The van der Waals surface area contributed by atoms with Crippen molar-refractivity contribution in [1.29, 1.82) is 0 Å². The van der Waals surface area contributed by atoms with Crippen molar-refractivity contribution in [2.24, 2.45) is 0 Å². The Bertz CT molecular complexity index is 843. The summed E-state index contributed by atoms with van der Waals surface area (Å²) < 4.78 is 35.6. The molecular formula is C15H20N4O5S2. The van der Waals surface area contributed by atoms with Gasteiger partial charge in [0, 0.05) is 38.5 Å². The lowest BCUT2D eigenvalue weighted by Gasteiger charge is -2.44. The first-order chi connectivity index (χ1) is 12.4. The number of amides is 1. The quantitative estimate of drug-likeness (QED) is 0.639. The number of ether oxygens (including phenoxy) is 1. The summed E-state index contributed by atoms with van der Waals surface area (Å²) in [6, 6.07) is 1.53. The van der Waals surface area contributed by atoms with Crippen LogP contribution in [0.3, 0.4) is 0 Å². The van der Waals surface area contributed by atoms with Gasteiger partial charge >= 0.3 is 0 Å². The summed E-state index contributed by atoms with van der Waals surface area (Å²) in [5, 5.41) is 7.45. The first kappa shape index (κ1) is 19.0. The Hall–Kier alpha value is -1.82. The highest BCUT2D eigenvalue weighted by Crippen LogP contribution is 2.21. The molecule has 1 fully saturated rings. The van der Waals surface area contributed by atoms with Crippen LogP contribution in [-0.4, -0.2) is 72.7 Å². The molecule has 0 spiro atoms. The van der Waals surface area contributed by atoms with E-state index >= 15 is 0 Å². The van der Waals surface area contributed by atoms with Gasteiger partial charge in [-0.05, 0) is 11.4 Å². The van der Waals surface area contributed by atoms with Crippen LogP contribution in [0.5, 0.6) is 0 Å². The van der Waals surface area contributed by atoms with Gasteiger partial charge in [0.2, 0.25) is 10.0 Å². The van der Waals surface area contributed by atoms with Crippen LogP contribution in [0.25, 0.3) is 0 Å². The van der Waals surface area contributed by atoms with E-state index < -0.39 is 10.0 Å². The van der Waals surface area contributed by atoms with Crippen LogP contribution in [-0.2, 0) is 27.8 Å². The van der Waals surface area contributed by atoms with Gasteiger partial charge in [-0.2, -0.15) is 20.6 Å². The van der Waals surface area contributed by atoms with Crippen LogP contribution in [0.1, 0.15) is 22.1 Å². The van der Waals surface area contributed by atoms with E-state index in [0.29, 0.717) is 36.8 Å². The fraction of sp³-hybridized carbons (Fsp3) is 0.533. The van der Waals surface area contributed by atoms with E-state index in [0.717, 1.165) is 0 Å². The molecule has 0 unspecified atom stereocenters. The number of carbonyl (C=O) groups excluding carboxylic acids is 1. The van der Waals surface area contributed by atoms with Gasteiger partial charge in [0.05, 0.1) is 17.9 Å². The fourth-order valence-corrected chi connectivity index (χ4v) is 4.50. The second-order valence-electron chi connectivity index (χ2n) is 6.04. The number of hydrogen-bond acceptors (Lipinski definition) is 8. The molecule has 0 aliphatic carbocycles. The molecule has 1 amide bonds. The van der Waals surface area contributed by atoms with Crippen LogP contribution in [0.2, 0.25) is 0 Å². The van der Waals surface area contributed by atoms with Crippen molar-refractivity contribution < 1.29 is 22.5 Å². The van der Waals surface area contributed by atoms with Crippen molar-refractivity contribution in [3.8, 4) is 0 Å². The Balaban J connectivity index is 1.58.